The van der Waals surface area contributed by atoms with Crippen LogP contribution in [0.2, 0.25) is 0 Å². The first-order chi connectivity index (χ1) is 30.2. The largest absolute Gasteiger partial charge is 0.310 e. The summed E-state index contributed by atoms with van der Waals surface area (Å²) in [6.07, 6.45) is 0. The first-order valence-corrected chi connectivity index (χ1v) is 21.4. The van der Waals surface area contributed by atoms with Gasteiger partial charge >= 0.3 is 0 Å². The van der Waals surface area contributed by atoms with Crippen LogP contribution >= 0.6 is 0 Å². The Labute approximate surface area is 366 Å². The maximum absolute atomic E-state index is 5.48. The monoisotopic (exact) mass is 787 g/mol. The van der Waals surface area contributed by atoms with E-state index in [9.17, 15) is 0 Å². The van der Waals surface area contributed by atoms with Crippen molar-refractivity contribution in [1.29, 1.82) is 0 Å². The Balaban J connectivity index is 1.27. The smallest absolute Gasteiger partial charge is 0.238 e. The van der Waals surface area contributed by atoms with Crippen LogP contribution in [0.4, 0.5) is 0 Å². The molecule has 0 aliphatic carbocycles. The summed E-state index contributed by atoms with van der Waals surface area (Å²) in [5, 5.41) is 4.91. The first-order valence-electron chi connectivity index (χ1n) is 21.4. The maximum atomic E-state index is 5.48. The van der Waals surface area contributed by atoms with Gasteiger partial charge in [0.25, 0.3) is 0 Å². The van der Waals surface area contributed by atoms with Crippen molar-refractivity contribution in [1.82, 2.24) is 24.1 Å². The van der Waals surface area contributed by atoms with Crippen LogP contribution in [-0.2, 0) is 0 Å². The molecule has 3 heterocycles. The Hall–Kier alpha value is -7.24. The molecule has 0 atom stereocenters. The lowest BCUT2D eigenvalue weighted by molar-refractivity contribution is 0.956. The number of aromatic nitrogens is 5. The highest BCUT2D eigenvalue weighted by atomic mass is 15.2. The second-order valence-electron chi connectivity index (χ2n) is 16.8. The Morgan fingerprint density at radius 1 is 0.339 bits per heavy atom. The molecule has 11 aromatic rings. The van der Waals surface area contributed by atoms with E-state index in [4.69, 9.17) is 15.0 Å². The van der Waals surface area contributed by atoms with Crippen LogP contribution in [0.3, 0.4) is 0 Å². The van der Waals surface area contributed by atoms with Gasteiger partial charge in [-0.25, -0.2) is 4.98 Å². The van der Waals surface area contributed by atoms with E-state index in [2.05, 4.69) is 220 Å². The highest BCUT2D eigenvalue weighted by Gasteiger charge is 2.27. The van der Waals surface area contributed by atoms with E-state index in [1.165, 1.54) is 65.4 Å². The van der Waals surface area contributed by atoms with E-state index < -0.39 is 0 Å². The second kappa shape index (κ2) is 14.7. The van der Waals surface area contributed by atoms with Crippen molar-refractivity contribution < 1.29 is 0 Å². The molecule has 0 aliphatic rings. The molecule has 62 heavy (non-hydrogen) atoms. The van der Waals surface area contributed by atoms with Crippen LogP contribution in [0.15, 0.2) is 164 Å². The lowest BCUT2D eigenvalue weighted by atomic mass is 9.79. The van der Waals surface area contributed by atoms with Crippen LogP contribution in [0, 0.1) is 0 Å². The van der Waals surface area contributed by atoms with Gasteiger partial charge in [-0.2, -0.15) is 9.97 Å². The summed E-state index contributed by atoms with van der Waals surface area (Å²) >= 11 is 0. The summed E-state index contributed by atoms with van der Waals surface area (Å²) in [5.41, 5.74) is 19.5. The molecule has 8 aromatic carbocycles. The average Bonchev–Trinajstić information content (AvgIpc) is 3.84. The summed E-state index contributed by atoms with van der Waals surface area (Å²) in [7, 11) is 13.5. The molecule has 0 aliphatic heterocycles. The molecule has 0 saturated carbocycles. The number of fused-ring (bicyclic) bond motifs is 6. The Morgan fingerprint density at radius 3 is 1.23 bits per heavy atom. The van der Waals surface area contributed by atoms with Crippen molar-refractivity contribution in [2.45, 2.75) is 0 Å². The fourth-order valence-electron chi connectivity index (χ4n) is 10.00. The molecule has 286 valence electrons. The normalized spacial score (nSPS) is 11.6. The van der Waals surface area contributed by atoms with E-state index in [-0.39, 0.29) is 0 Å². The molecule has 0 fully saturated rings. The predicted molar refractivity (Wildman–Crippen MR) is 279 cm³/mol. The highest BCUT2D eigenvalue weighted by Crippen LogP contribution is 2.36. The molecule has 0 N–H and O–H groups in total. The number of nitrogens with zero attached hydrogens (tertiary/aromatic N) is 5. The highest BCUT2D eigenvalue weighted by molar-refractivity contribution is 6.59. The molecule has 11 heteroatoms. The van der Waals surface area contributed by atoms with E-state index in [0.29, 0.717) is 17.6 Å². The summed E-state index contributed by atoms with van der Waals surface area (Å²) in [6.45, 7) is 0. The Kier molecular flexibility index (Phi) is 8.97. The Morgan fingerprint density at radius 2 is 0.742 bits per heavy atom. The van der Waals surface area contributed by atoms with Crippen molar-refractivity contribution in [3.63, 3.8) is 0 Å². The average molecular weight is 787 g/mol. The zero-order valence-electron chi connectivity index (χ0n) is 35.8. The van der Waals surface area contributed by atoms with Crippen molar-refractivity contribution in [2.75, 3.05) is 0 Å². The molecule has 5 nitrogen and oxygen atoms in total. The van der Waals surface area contributed by atoms with Crippen molar-refractivity contribution in [2.24, 2.45) is 0 Å². The summed E-state index contributed by atoms with van der Waals surface area (Å²) in [6, 6.07) is 58.2. The molecule has 0 bridgehead atoms. The van der Waals surface area contributed by atoms with Crippen LogP contribution in [0.1, 0.15) is 0 Å². The number of rotatable bonds is 6. The standard InChI is InChI=1S/C51H39B6N5/c52-34-24-37-41-44(57)48-42(43(56)47(41)61(45(37)39(54)26-34)36-20-8-3-9-21-36)38-25-35(53)27-40(55)46(38)62(48)51-59-49(32-18-10-16-30(22-32)28-12-4-1-5-13-28)58-50(60-51)33-19-11-17-31(23-33)29-14-6-2-7-15-29/h1-27H,52-57H2. The van der Waals surface area contributed by atoms with Crippen molar-refractivity contribution >= 4 is 123 Å². The third-order valence-corrected chi connectivity index (χ3v) is 12.6. The molecule has 0 saturated heterocycles. The van der Waals surface area contributed by atoms with Gasteiger partial charge in [0.05, 0.1) is 11.0 Å². The fraction of sp³-hybridized carbons (Fsp3) is 0. The lowest BCUT2D eigenvalue weighted by Gasteiger charge is -2.15. The molecule has 0 unspecified atom stereocenters. The minimum atomic E-state index is 0.591. The van der Waals surface area contributed by atoms with Gasteiger partial charge in [-0.05, 0) is 46.5 Å². The van der Waals surface area contributed by atoms with Gasteiger partial charge in [0.2, 0.25) is 5.95 Å². The molecule has 0 radical (unpaired) electrons. The molecule has 11 rings (SSSR count). The van der Waals surface area contributed by atoms with Crippen LogP contribution in [-0.4, -0.2) is 71.2 Å². The van der Waals surface area contributed by atoms with Crippen molar-refractivity contribution in [3.05, 3.63) is 164 Å². The Bertz CT molecular complexity index is 3490. The van der Waals surface area contributed by atoms with Crippen LogP contribution in [0.25, 0.3) is 100 Å². The van der Waals surface area contributed by atoms with E-state index in [1.807, 2.05) is 0 Å². The minimum Gasteiger partial charge on any atom is -0.310 e. The predicted octanol–water partition coefficient (Wildman–Crippen LogP) is 2.28. The quantitative estimate of drug-likeness (QED) is 0.244. The molecule has 0 amide bonds. The topological polar surface area (TPSA) is 48.5 Å². The minimum absolute atomic E-state index is 0.591. The second-order valence-corrected chi connectivity index (χ2v) is 16.8. The van der Waals surface area contributed by atoms with Gasteiger partial charge in [-0.15, -0.1) is 0 Å². The van der Waals surface area contributed by atoms with E-state index in [1.54, 1.807) is 0 Å². The molecular weight excluding hydrogens is 747 g/mol. The van der Waals surface area contributed by atoms with E-state index >= 15 is 0 Å². The number of hydrogen-bond donors (Lipinski definition) is 0. The SMILES string of the molecule is Bc1cc(B)c2c(c1)c1c(B)c3c(c(B)c1n2-c1ccccc1)c1cc(B)cc(B)c1n3-c1nc(-c2cccc(-c3ccccc3)c2)nc(-c2cccc(-c3ccccc3)c2)n1. The van der Waals surface area contributed by atoms with Gasteiger partial charge < -0.3 is 4.57 Å². The third kappa shape index (κ3) is 6.06. The van der Waals surface area contributed by atoms with Gasteiger partial charge in [0.15, 0.2) is 11.6 Å². The number of para-hydroxylation sites is 1. The summed E-state index contributed by atoms with van der Waals surface area (Å²) in [5.74, 6) is 1.83. The lowest BCUT2D eigenvalue weighted by Crippen LogP contribution is -2.20. The zero-order valence-corrected chi connectivity index (χ0v) is 35.8. The van der Waals surface area contributed by atoms with E-state index in [0.717, 1.165) is 50.1 Å². The maximum Gasteiger partial charge on any atom is 0.238 e. The van der Waals surface area contributed by atoms with Crippen LogP contribution < -0.4 is 32.8 Å². The van der Waals surface area contributed by atoms with Gasteiger partial charge in [0, 0.05) is 49.4 Å². The third-order valence-electron chi connectivity index (χ3n) is 12.6. The van der Waals surface area contributed by atoms with Gasteiger partial charge in [0.1, 0.15) is 47.1 Å². The van der Waals surface area contributed by atoms with Gasteiger partial charge in [-0.1, -0.05) is 172 Å². The van der Waals surface area contributed by atoms with Crippen LogP contribution in [0.5, 0.6) is 0 Å². The zero-order chi connectivity index (χ0) is 42.2. The molecule has 0 spiro atoms. The summed E-state index contributed by atoms with van der Waals surface area (Å²) in [4.78, 5) is 16.3. The first kappa shape index (κ1) is 37.7. The van der Waals surface area contributed by atoms with Crippen molar-refractivity contribution in [3.8, 4) is 56.7 Å². The number of benzene rings is 8. The molecule has 3 aromatic heterocycles. The van der Waals surface area contributed by atoms with Gasteiger partial charge in [-0.3, -0.25) is 4.57 Å². The molecular formula is C51H39B6N5. The number of hydrogen-bond acceptors (Lipinski definition) is 3. The summed E-state index contributed by atoms with van der Waals surface area (Å²) < 4.78 is 4.83. The fourth-order valence-corrected chi connectivity index (χ4v) is 10.00.